The van der Waals surface area contributed by atoms with Crippen LogP contribution in [0.3, 0.4) is 0 Å². The first kappa shape index (κ1) is 15.4. The van der Waals surface area contributed by atoms with Crippen molar-refractivity contribution >= 4 is 5.91 Å². The summed E-state index contributed by atoms with van der Waals surface area (Å²) in [6.07, 6.45) is 2.95. The number of carbonyl (C=O) groups excluding carboxylic acids is 1. The zero-order valence-corrected chi connectivity index (χ0v) is 12.9. The molecule has 1 aromatic rings. The van der Waals surface area contributed by atoms with Gasteiger partial charge in [0.1, 0.15) is 11.9 Å². The van der Waals surface area contributed by atoms with Crippen molar-refractivity contribution in [3.63, 3.8) is 0 Å². The highest BCUT2D eigenvalue weighted by Gasteiger charge is 2.33. The van der Waals surface area contributed by atoms with Gasteiger partial charge in [-0.15, -0.1) is 0 Å². The van der Waals surface area contributed by atoms with Gasteiger partial charge in [0.05, 0.1) is 18.7 Å². The van der Waals surface area contributed by atoms with Crippen molar-refractivity contribution in [3.05, 3.63) is 35.6 Å². The molecule has 2 heterocycles. The minimum absolute atomic E-state index is 0.0173. The summed E-state index contributed by atoms with van der Waals surface area (Å²) >= 11 is 0. The minimum Gasteiger partial charge on any atom is -0.367 e. The molecule has 3 atom stereocenters. The Morgan fingerprint density at radius 1 is 1.27 bits per heavy atom. The van der Waals surface area contributed by atoms with Crippen LogP contribution in [0.2, 0.25) is 0 Å². The Morgan fingerprint density at radius 3 is 2.73 bits per heavy atom. The number of rotatable bonds is 2. The van der Waals surface area contributed by atoms with Gasteiger partial charge in [-0.1, -0.05) is 18.6 Å². The third-order valence-electron chi connectivity index (χ3n) is 4.42. The van der Waals surface area contributed by atoms with Gasteiger partial charge in [0.25, 0.3) is 0 Å². The number of nitrogens with one attached hydrogen (secondary N) is 1. The van der Waals surface area contributed by atoms with E-state index in [0.29, 0.717) is 13.1 Å². The molecule has 5 heteroatoms. The van der Waals surface area contributed by atoms with Gasteiger partial charge >= 0.3 is 0 Å². The second-order valence-corrected chi connectivity index (χ2v) is 6.23. The molecule has 3 rings (SSSR count). The number of ether oxygens (including phenoxy) is 1. The normalized spacial score (nSPS) is 29.4. The molecule has 0 radical (unpaired) electrons. The van der Waals surface area contributed by atoms with Crippen LogP contribution in [-0.4, -0.2) is 42.6 Å². The first-order valence-corrected chi connectivity index (χ1v) is 8.06. The fourth-order valence-electron chi connectivity index (χ4n) is 3.28. The number of morpholine rings is 1. The lowest BCUT2D eigenvalue weighted by molar-refractivity contribution is -0.147. The molecule has 1 aromatic carbocycles. The predicted octanol–water partition coefficient (Wildman–Crippen LogP) is 2.26. The fraction of sp³-hybridized carbons (Fsp3) is 0.588. The standard InChI is InChI=1S/C17H23FN2O2/c1-12-10-20(17(21)15-4-2-3-9-19-15)11-16(22-12)13-5-7-14(18)8-6-13/h5-8,12,15-16,19H,2-4,9-11H2,1H3. The summed E-state index contributed by atoms with van der Waals surface area (Å²) in [5, 5.41) is 3.31. The van der Waals surface area contributed by atoms with Crippen molar-refractivity contribution in [2.45, 2.75) is 44.4 Å². The smallest absolute Gasteiger partial charge is 0.239 e. The van der Waals surface area contributed by atoms with Crippen LogP contribution in [0.5, 0.6) is 0 Å². The SMILES string of the molecule is CC1CN(C(=O)C2CCCCN2)CC(c2ccc(F)cc2)O1. The van der Waals surface area contributed by atoms with Crippen LogP contribution in [0.4, 0.5) is 4.39 Å². The van der Waals surface area contributed by atoms with Crippen molar-refractivity contribution in [1.82, 2.24) is 10.2 Å². The highest BCUT2D eigenvalue weighted by atomic mass is 19.1. The second-order valence-electron chi connectivity index (χ2n) is 6.23. The third-order valence-corrected chi connectivity index (χ3v) is 4.42. The topological polar surface area (TPSA) is 41.6 Å². The molecule has 2 aliphatic heterocycles. The Kier molecular flexibility index (Phi) is 4.74. The molecule has 1 amide bonds. The molecule has 0 bridgehead atoms. The Labute approximate surface area is 130 Å². The zero-order valence-electron chi connectivity index (χ0n) is 12.9. The Balaban J connectivity index is 1.70. The van der Waals surface area contributed by atoms with E-state index in [1.807, 2.05) is 11.8 Å². The van der Waals surface area contributed by atoms with Crippen molar-refractivity contribution in [1.29, 1.82) is 0 Å². The highest BCUT2D eigenvalue weighted by molar-refractivity contribution is 5.82. The van der Waals surface area contributed by atoms with E-state index in [1.165, 1.54) is 12.1 Å². The number of carbonyl (C=O) groups is 1. The van der Waals surface area contributed by atoms with Crippen LogP contribution in [-0.2, 0) is 9.53 Å². The predicted molar refractivity (Wildman–Crippen MR) is 81.9 cm³/mol. The Hall–Kier alpha value is -1.46. The first-order valence-electron chi connectivity index (χ1n) is 8.06. The summed E-state index contributed by atoms with van der Waals surface area (Å²) in [6, 6.07) is 6.28. The van der Waals surface area contributed by atoms with Gasteiger partial charge in [-0.3, -0.25) is 4.79 Å². The van der Waals surface area contributed by atoms with Crippen molar-refractivity contribution in [2.75, 3.05) is 19.6 Å². The van der Waals surface area contributed by atoms with Crippen molar-refractivity contribution < 1.29 is 13.9 Å². The largest absolute Gasteiger partial charge is 0.367 e. The van der Waals surface area contributed by atoms with Gasteiger partial charge in [-0.25, -0.2) is 4.39 Å². The molecule has 0 aliphatic carbocycles. The van der Waals surface area contributed by atoms with E-state index in [-0.39, 0.29) is 30.0 Å². The average molecular weight is 306 g/mol. The maximum atomic E-state index is 13.1. The lowest BCUT2D eigenvalue weighted by Gasteiger charge is -2.39. The molecule has 1 N–H and O–H groups in total. The van der Waals surface area contributed by atoms with Gasteiger partial charge in [-0.05, 0) is 44.0 Å². The molecule has 0 spiro atoms. The molecule has 0 aromatic heterocycles. The maximum absolute atomic E-state index is 13.1. The van der Waals surface area contributed by atoms with Crippen LogP contribution >= 0.6 is 0 Å². The highest BCUT2D eigenvalue weighted by Crippen LogP contribution is 2.26. The van der Waals surface area contributed by atoms with Crippen LogP contribution < -0.4 is 5.32 Å². The zero-order chi connectivity index (χ0) is 15.5. The molecular formula is C17H23FN2O2. The third kappa shape index (κ3) is 3.47. The van der Waals surface area contributed by atoms with E-state index in [4.69, 9.17) is 4.74 Å². The quantitative estimate of drug-likeness (QED) is 0.911. The Morgan fingerprint density at radius 2 is 2.05 bits per heavy atom. The Bertz CT molecular complexity index is 514. The molecule has 3 unspecified atom stereocenters. The number of amides is 1. The van der Waals surface area contributed by atoms with Crippen LogP contribution in [0, 0.1) is 5.82 Å². The van der Waals surface area contributed by atoms with Crippen LogP contribution in [0.15, 0.2) is 24.3 Å². The van der Waals surface area contributed by atoms with Crippen molar-refractivity contribution in [3.8, 4) is 0 Å². The molecule has 2 saturated heterocycles. The van der Waals surface area contributed by atoms with Crippen LogP contribution in [0.1, 0.15) is 37.9 Å². The van der Waals surface area contributed by atoms with E-state index in [1.54, 1.807) is 12.1 Å². The van der Waals surface area contributed by atoms with E-state index >= 15 is 0 Å². The number of nitrogens with zero attached hydrogens (tertiary/aromatic N) is 1. The summed E-state index contributed by atoms with van der Waals surface area (Å²) in [5.41, 5.74) is 0.919. The van der Waals surface area contributed by atoms with E-state index in [9.17, 15) is 9.18 Å². The lowest BCUT2D eigenvalue weighted by Crippen LogP contribution is -2.53. The summed E-state index contributed by atoms with van der Waals surface area (Å²) in [6.45, 7) is 4.05. The monoisotopic (exact) mass is 306 g/mol. The number of hydrogen-bond acceptors (Lipinski definition) is 3. The number of hydrogen-bond donors (Lipinski definition) is 1. The first-order chi connectivity index (χ1) is 10.6. The summed E-state index contributed by atoms with van der Waals surface area (Å²) in [7, 11) is 0. The van der Waals surface area contributed by atoms with Gasteiger partial charge in [0, 0.05) is 6.54 Å². The summed E-state index contributed by atoms with van der Waals surface area (Å²) < 4.78 is 19.0. The molecular weight excluding hydrogens is 283 g/mol. The molecule has 4 nitrogen and oxygen atoms in total. The minimum atomic E-state index is -0.257. The molecule has 2 aliphatic rings. The summed E-state index contributed by atoms with van der Waals surface area (Å²) in [4.78, 5) is 14.6. The maximum Gasteiger partial charge on any atom is 0.239 e. The van der Waals surface area contributed by atoms with E-state index in [0.717, 1.165) is 31.4 Å². The fourth-order valence-corrected chi connectivity index (χ4v) is 3.28. The second kappa shape index (κ2) is 6.75. The van der Waals surface area contributed by atoms with E-state index in [2.05, 4.69) is 5.32 Å². The van der Waals surface area contributed by atoms with Gasteiger partial charge < -0.3 is 15.0 Å². The number of piperidine rings is 1. The van der Waals surface area contributed by atoms with Crippen molar-refractivity contribution in [2.24, 2.45) is 0 Å². The van der Waals surface area contributed by atoms with Crippen LogP contribution in [0.25, 0.3) is 0 Å². The van der Waals surface area contributed by atoms with Gasteiger partial charge in [0.15, 0.2) is 0 Å². The number of benzene rings is 1. The molecule has 22 heavy (non-hydrogen) atoms. The van der Waals surface area contributed by atoms with Gasteiger partial charge in [0.2, 0.25) is 5.91 Å². The summed E-state index contributed by atoms with van der Waals surface area (Å²) in [5.74, 6) is -0.0890. The molecule has 120 valence electrons. The average Bonchev–Trinajstić information content (AvgIpc) is 2.55. The molecule has 2 fully saturated rings. The molecule has 0 saturated carbocycles. The number of halogens is 1. The lowest BCUT2D eigenvalue weighted by atomic mass is 10.0. The van der Waals surface area contributed by atoms with Gasteiger partial charge in [-0.2, -0.15) is 0 Å². The van der Waals surface area contributed by atoms with E-state index < -0.39 is 0 Å².